The van der Waals surface area contributed by atoms with Crippen LogP contribution in [0.1, 0.15) is 19.4 Å². The quantitative estimate of drug-likeness (QED) is 0.822. The molecule has 0 bridgehead atoms. The van der Waals surface area contributed by atoms with Gasteiger partial charge in [0.15, 0.2) is 0 Å². The highest BCUT2D eigenvalue weighted by molar-refractivity contribution is 7.89. The molecule has 120 valence electrons. The number of nitrogens with zero attached hydrogens (tertiary/aromatic N) is 2. The van der Waals surface area contributed by atoms with Gasteiger partial charge in [-0.2, -0.15) is 4.31 Å². The molecule has 0 radical (unpaired) electrons. The normalized spacial score (nSPS) is 13.9. The van der Waals surface area contributed by atoms with Crippen LogP contribution in [0.25, 0.3) is 0 Å². The predicted molar refractivity (Wildman–Crippen MR) is 81.9 cm³/mol. The van der Waals surface area contributed by atoms with Crippen molar-refractivity contribution in [1.82, 2.24) is 9.21 Å². The summed E-state index contributed by atoms with van der Waals surface area (Å²) in [5, 5.41) is 0. The lowest BCUT2D eigenvalue weighted by molar-refractivity contribution is 0.271. The van der Waals surface area contributed by atoms with Crippen LogP contribution in [0.15, 0.2) is 23.1 Å². The minimum atomic E-state index is -3.88. The molecule has 1 aromatic rings. The lowest BCUT2D eigenvalue weighted by Crippen LogP contribution is -2.43. The molecule has 1 aromatic carbocycles. The monoisotopic (exact) mass is 317 g/mol. The van der Waals surface area contributed by atoms with Gasteiger partial charge in [-0.15, -0.1) is 0 Å². The van der Waals surface area contributed by atoms with Crippen molar-refractivity contribution >= 4 is 10.0 Å². The first-order valence-corrected chi connectivity index (χ1v) is 8.33. The van der Waals surface area contributed by atoms with E-state index in [4.69, 9.17) is 5.73 Å². The van der Waals surface area contributed by atoms with Gasteiger partial charge in [0.05, 0.1) is 0 Å². The standard InChI is InChI=1S/C14H24FN3O2S/c1-5-18(11(2)10-17(3)4)21(19,20)14-8-12(9-16)6-7-13(14)15/h6-8,11H,5,9-10,16H2,1-4H3. The molecule has 0 spiro atoms. The van der Waals surface area contributed by atoms with E-state index in [2.05, 4.69) is 0 Å². The van der Waals surface area contributed by atoms with Crippen LogP contribution >= 0.6 is 0 Å². The Bertz CT molecular complexity index is 576. The van der Waals surface area contributed by atoms with Crippen LogP contribution in [0.5, 0.6) is 0 Å². The fourth-order valence-corrected chi connectivity index (χ4v) is 4.08. The van der Waals surface area contributed by atoms with Gasteiger partial charge >= 0.3 is 0 Å². The van der Waals surface area contributed by atoms with Gasteiger partial charge in [0.1, 0.15) is 10.7 Å². The molecule has 0 fully saturated rings. The third-order valence-corrected chi connectivity index (χ3v) is 5.35. The Morgan fingerprint density at radius 1 is 1.33 bits per heavy atom. The topological polar surface area (TPSA) is 66.6 Å². The molecule has 0 aromatic heterocycles. The molecule has 0 aliphatic rings. The minimum Gasteiger partial charge on any atom is -0.326 e. The van der Waals surface area contributed by atoms with E-state index < -0.39 is 15.8 Å². The number of rotatable bonds is 7. The van der Waals surface area contributed by atoms with Crippen molar-refractivity contribution in [2.45, 2.75) is 31.3 Å². The number of hydrogen-bond acceptors (Lipinski definition) is 4. The maximum absolute atomic E-state index is 14.0. The van der Waals surface area contributed by atoms with Gasteiger partial charge in [-0.05, 0) is 38.7 Å². The van der Waals surface area contributed by atoms with Crippen molar-refractivity contribution in [3.8, 4) is 0 Å². The van der Waals surface area contributed by atoms with Gasteiger partial charge in [-0.1, -0.05) is 13.0 Å². The molecule has 0 amide bonds. The van der Waals surface area contributed by atoms with Crippen LogP contribution in [0.2, 0.25) is 0 Å². The van der Waals surface area contributed by atoms with E-state index in [1.165, 1.54) is 16.4 Å². The molecule has 5 nitrogen and oxygen atoms in total. The maximum Gasteiger partial charge on any atom is 0.246 e. The Kier molecular flexibility index (Phi) is 6.27. The van der Waals surface area contributed by atoms with Gasteiger partial charge in [-0.25, -0.2) is 12.8 Å². The average Bonchev–Trinajstić information content (AvgIpc) is 2.38. The maximum atomic E-state index is 14.0. The molecule has 21 heavy (non-hydrogen) atoms. The molecular weight excluding hydrogens is 293 g/mol. The summed E-state index contributed by atoms with van der Waals surface area (Å²) in [6.45, 7) is 4.57. The van der Waals surface area contributed by atoms with Crippen LogP contribution in [-0.2, 0) is 16.6 Å². The smallest absolute Gasteiger partial charge is 0.246 e. The van der Waals surface area contributed by atoms with Crippen LogP contribution in [-0.4, -0.2) is 50.8 Å². The second-order valence-electron chi connectivity index (χ2n) is 5.29. The zero-order chi connectivity index (χ0) is 16.2. The van der Waals surface area contributed by atoms with Crippen molar-refractivity contribution in [3.05, 3.63) is 29.6 Å². The summed E-state index contributed by atoms with van der Waals surface area (Å²) in [5.41, 5.74) is 6.10. The van der Waals surface area contributed by atoms with E-state index in [-0.39, 0.29) is 24.0 Å². The van der Waals surface area contributed by atoms with Crippen LogP contribution in [0, 0.1) is 5.82 Å². The average molecular weight is 317 g/mol. The second-order valence-corrected chi connectivity index (χ2v) is 7.15. The van der Waals surface area contributed by atoms with E-state index in [9.17, 15) is 12.8 Å². The molecular formula is C14H24FN3O2S. The van der Waals surface area contributed by atoms with Gasteiger partial charge in [0.25, 0.3) is 0 Å². The summed E-state index contributed by atoms with van der Waals surface area (Å²) >= 11 is 0. The largest absolute Gasteiger partial charge is 0.326 e. The lowest BCUT2D eigenvalue weighted by Gasteiger charge is -2.29. The zero-order valence-electron chi connectivity index (χ0n) is 13.0. The second kappa shape index (κ2) is 7.31. The molecule has 1 rings (SSSR count). The molecule has 0 heterocycles. The number of nitrogens with two attached hydrogens (primary N) is 1. The van der Waals surface area contributed by atoms with Crippen molar-refractivity contribution < 1.29 is 12.8 Å². The first-order chi connectivity index (χ1) is 9.73. The summed E-state index contributed by atoms with van der Waals surface area (Å²) in [4.78, 5) is 1.59. The number of halogens is 1. The first kappa shape index (κ1) is 18.0. The highest BCUT2D eigenvalue weighted by atomic mass is 32.2. The number of sulfonamides is 1. The molecule has 0 aliphatic heterocycles. The van der Waals surface area contributed by atoms with E-state index in [1.807, 2.05) is 25.9 Å². The van der Waals surface area contributed by atoms with E-state index in [1.54, 1.807) is 6.92 Å². The third-order valence-electron chi connectivity index (χ3n) is 3.25. The van der Waals surface area contributed by atoms with Crippen LogP contribution in [0.3, 0.4) is 0 Å². The number of hydrogen-bond donors (Lipinski definition) is 1. The summed E-state index contributed by atoms with van der Waals surface area (Å²) in [6.07, 6.45) is 0. The van der Waals surface area contributed by atoms with E-state index in [0.717, 1.165) is 6.07 Å². The summed E-state index contributed by atoms with van der Waals surface area (Å²) in [5.74, 6) is -0.747. The Morgan fingerprint density at radius 2 is 1.95 bits per heavy atom. The molecule has 0 saturated heterocycles. The van der Waals surface area contributed by atoms with Gasteiger partial charge < -0.3 is 10.6 Å². The number of likely N-dealkylation sites (N-methyl/N-ethyl adjacent to an activating group) is 2. The lowest BCUT2D eigenvalue weighted by atomic mass is 10.2. The fraction of sp³-hybridized carbons (Fsp3) is 0.571. The van der Waals surface area contributed by atoms with Crippen molar-refractivity contribution in [1.29, 1.82) is 0 Å². The summed E-state index contributed by atoms with van der Waals surface area (Å²) in [6, 6.07) is 3.71. The SMILES string of the molecule is CCN(C(C)CN(C)C)S(=O)(=O)c1cc(CN)ccc1F. The molecule has 1 atom stereocenters. The van der Waals surface area contributed by atoms with Crippen molar-refractivity contribution in [2.75, 3.05) is 27.2 Å². The van der Waals surface area contributed by atoms with Crippen LogP contribution in [0.4, 0.5) is 4.39 Å². The van der Waals surface area contributed by atoms with E-state index >= 15 is 0 Å². The molecule has 0 saturated carbocycles. The molecule has 7 heteroatoms. The zero-order valence-corrected chi connectivity index (χ0v) is 13.8. The highest BCUT2D eigenvalue weighted by Crippen LogP contribution is 2.22. The predicted octanol–water partition coefficient (Wildman–Crippen LogP) is 1.25. The first-order valence-electron chi connectivity index (χ1n) is 6.89. The molecule has 0 aliphatic carbocycles. The van der Waals surface area contributed by atoms with Gasteiger partial charge in [0, 0.05) is 25.7 Å². The number of benzene rings is 1. The summed E-state index contributed by atoms with van der Waals surface area (Å²) < 4.78 is 40.7. The van der Waals surface area contributed by atoms with Crippen LogP contribution < -0.4 is 5.73 Å². The Morgan fingerprint density at radius 3 is 2.43 bits per heavy atom. The van der Waals surface area contributed by atoms with E-state index in [0.29, 0.717) is 12.1 Å². The van der Waals surface area contributed by atoms with Gasteiger partial charge in [0.2, 0.25) is 10.0 Å². The highest BCUT2D eigenvalue weighted by Gasteiger charge is 2.30. The fourth-order valence-electron chi connectivity index (χ4n) is 2.34. The summed E-state index contributed by atoms with van der Waals surface area (Å²) in [7, 11) is -0.148. The van der Waals surface area contributed by atoms with Gasteiger partial charge in [-0.3, -0.25) is 0 Å². The van der Waals surface area contributed by atoms with Crippen molar-refractivity contribution in [3.63, 3.8) is 0 Å². The Balaban J connectivity index is 3.24. The van der Waals surface area contributed by atoms with Crippen molar-refractivity contribution in [2.24, 2.45) is 5.73 Å². The molecule has 2 N–H and O–H groups in total. The Hall–Kier alpha value is -1.02. The molecule has 1 unspecified atom stereocenters. The Labute approximate surface area is 126 Å². The third kappa shape index (κ3) is 4.23. The minimum absolute atomic E-state index is 0.169.